The minimum Gasteiger partial charge on any atom is -0.497 e. The van der Waals surface area contributed by atoms with Crippen molar-refractivity contribution in [1.82, 2.24) is 9.97 Å². The molecule has 3 aromatic rings. The highest BCUT2D eigenvalue weighted by atomic mass is 16.6. The third kappa shape index (κ3) is 2.28. The lowest BCUT2D eigenvalue weighted by Gasteiger charge is -2.08. The van der Waals surface area contributed by atoms with Crippen LogP contribution in [0.15, 0.2) is 42.5 Å². The van der Waals surface area contributed by atoms with Gasteiger partial charge < -0.3 is 10.5 Å². The van der Waals surface area contributed by atoms with Crippen LogP contribution in [-0.2, 0) is 0 Å². The lowest BCUT2D eigenvalue weighted by atomic mass is 10.1. The highest BCUT2D eigenvalue weighted by molar-refractivity contribution is 5.85. The number of ether oxygens (including phenoxy) is 1. The van der Waals surface area contributed by atoms with Gasteiger partial charge in [-0.3, -0.25) is 10.1 Å². The van der Waals surface area contributed by atoms with E-state index in [1.165, 1.54) is 6.07 Å². The summed E-state index contributed by atoms with van der Waals surface area (Å²) in [5.74, 6) is 0.770. The molecule has 3 rings (SSSR count). The van der Waals surface area contributed by atoms with Crippen LogP contribution < -0.4 is 10.5 Å². The molecule has 0 unspecified atom stereocenters. The number of nitro groups is 1. The summed E-state index contributed by atoms with van der Waals surface area (Å²) in [5.41, 5.74) is 7.64. The normalized spacial score (nSPS) is 10.6. The lowest BCUT2D eigenvalue weighted by molar-refractivity contribution is -0.384. The van der Waals surface area contributed by atoms with Gasteiger partial charge in [-0.15, -0.1) is 0 Å². The van der Waals surface area contributed by atoms with E-state index < -0.39 is 4.92 Å². The molecule has 2 aromatic carbocycles. The average molecular weight is 296 g/mol. The smallest absolute Gasteiger partial charge is 0.278 e. The van der Waals surface area contributed by atoms with Gasteiger partial charge in [0.15, 0.2) is 5.82 Å². The number of nitro benzene ring substituents is 1. The molecule has 0 bridgehead atoms. The Labute approximate surface area is 125 Å². The van der Waals surface area contributed by atoms with Crippen LogP contribution in [0.1, 0.15) is 0 Å². The number of hydrogen-bond acceptors (Lipinski definition) is 6. The summed E-state index contributed by atoms with van der Waals surface area (Å²) in [6.45, 7) is 0. The van der Waals surface area contributed by atoms with Gasteiger partial charge in [0.05, 0.1) is 28.6 Å². The number of aromatic nitrogens is 2. The summed E-state index contributed by atoms with van der Waals surface area (Å²) >= 11 is 0. The van der Waals surface area contributed by atoms with Crippen LogP contribution >= 0.6 is 0 Å². The standard InChI is InChI=1S/C15H12N4O3/c1-22-9-6-7-11-12(8-9)17-14(15(16)18-11)10-4-2-3-5-13(10)19(20)21/h2-8H,1H3,(H2,16,18). The Hall–Kier alpha value is -3.22. The second-order valence-corrected chi connectivity index (χ2v) is 4.59. The molecule has 0 aliphatic heterocycles. The van der Waals surface area contributed by atoms with E-state index in [9.17, 15) is 10.1 Å². The fraction of sp³-hybridized carbons (Fsp3) is 0.0667. The number of nitrogen functional groups attached to an aromatic ring is 1. The van der Waals surface area contributed by atoms with Gasteiger partial charge in [0.2, 0.25) is 0 Å². The summed E-state index contributed by atoms with van der Waals surface area (Å²) in [4.78, 5) is 19.4. The van der Waals surface area contributed by atoms with Crippen molar-refractivity contribution >= 4 is 22.5 Å². The number of anilines is 1. The van der Waals surface area contributed by atoms with Crippen molar-refractivity contribution in [1.29, 1.82) is 0 Å². The van der Waals surface area contributed by atoms with E-state index in [-0.39, 0.29) is 17.2 Å². The number of para-hydroxylation sites is 1. The first kappa shape index (κ1) is 13.7. The van der Waals surface area contributed by atoms with E-state index in [1.54, 1.807) is 43.5 Å². The Kier molecular flexibility index (Phi) is 3.30. The molecule has 0 atom stereocenters. The fourth-order valence-electron chi connectivity index (χ4n) is 2.21. The van der Waals surface area contributed by atoms with Crippen LogP contribution in [0.25, 0.3) is 22.3 Å². The van der Waals surface area contributed by atoms with Crippen molar-refractivity contribution in [2.45, 2.75) is 0 Å². The minimum absolute atomic E-state index is 0.0641. The Morgan fingerprint density at radius 1 is 1.14 bits per heavy atom. The predicted octanol–water partition coefficient (Wildman–Crippen LogP) is 2.80. The van der Waals surface area contributed by atoms with Crippen molar-refractivity contribution in [2.75, 3.05) is 12.8 Å². The third-order valence-electron chi connectivity index (χ3n) is 3.25. The molecule has 0 saturated carbocycles. The molecule has 7 heteroatoms. The molecule has 0 saturated heterocycles. The number of hydrogen-bond donors (Lipinski definition) is 1. The van der Waals surface area contributed by atoms with E-state index in [1.807, 2.05) is 0 Å². The summed E-state index contributed by atoms with van der Waals surface area (Å²) in [6, 6.07) is 11.5. The molecule has 1 heterocycles. The van der Waals surface area contributed by atoms with Crippen molar-refractivity contribution < 1.29 is 9.66 Å². The highest BCUT2D eigenvalue weighted by Gasteiger charge is 2.19. The molecular weight excluding hydrogens is 284 g/mol. The second kappa shape index (κ2) is 5.28. The molecule has 0 aliphatic rings. The molecule has 1 aromatic heterocycles. The van der Waals surface area contributed by atoms with Gasteiger partial charge in [-0.1, -0.05) is 12.1 Å². The molecule has 110 valence electrons. The zero-order valence-electron chi connectivity index (χ0n) is 11.7. The first-order valence-electron chi connectivity index (χ1n) is 6.45. The zero-order chi connectivity index (χ0) is 15.7. The van der Waals surface area contributed by atoms with Crippen LogP contribution in [0.3, 0.4) is 0 Å². The molecule has 0 spiro atoms. The van der Waals surface area contributed by atoms with Gasteiger partial charge in [0.1, 0.15) is 11.4 Å². The first-order valence-corrected chi connectivity index (χ1v) is 6.45. The molecule has 0 radical (unpaired) electrons. The quantitative estimate of drug-likeness (QED) is 0.588. The van der Waals surface area contributed by atoms with Gasteiger partial charge in [-0.25, -0.2) is 9.97 Å². The van der Waals surface area contributed by atoms with Gasteiger partial charge in [0.25, 0.3) is 5.69 Å². The first-order chi connectivity index (χ1) is 10.6. The number of benzene rings is 2. The maximum absolute atomic E-state index is 11.2. The van der Waals surface area contributed by atoms with Crippen molar-refractivity contribution in [3.63, 3.8) is 0 Å². The number of methoxy groups -OCH3 is 1. The zero-order valence-corrected chi connectivity index (χ0v) is 11.7. The van der Waals surface area contributed by atoms with Crippen LogP contribution in [0.2, 0.25) is 0 Å². The number of nitrogens with two attached hydrogens (primary N) is 1. The molecule has 22 heavy (non-hydrogen) atoms. The Balaban J connectivity index is 2.27. The lowest BCUT2D eigenvalue weighted by Crippen LogP contribution is -2.01. The molecule has 2 N–H and O–H groups in total. The number of fused-ring (bicyclic) bond motifs is 1. The van der Waals surface area contributed by atoms with E-state index in [0.29, 0.717) is 22.3 Å². The van der Waals surface area contributed by atoms with Gasteiger partial charge in [-0.2, -0.15) is 0 Å². The summed E-state index contributed by atoms with van der Waals surface area (Å²) in [5, 5.41) is 11.2. The average Bonchev–Trinajstić information content (AvgIpc) is 2.53. The van der Waals surface area contributed by atoms with Crippen molar-refractivity contribution in [2.24, 2.45) is 0 Å². The number of nitrogens with zero attached hydrogens (tertiary/aromatic N) is 3. The monoisotopic (exact) mass is 296 g/mol. The second-order valence-electron chi connectivity index (χ2n) is 4.59. The fourth-order valence-corrected chi connectivity index (χ4v) is 2.21. The Morgan fingerprint density at radius 2 is 1.91 bits per heavy atom. The van der Waals surface area contributed by atoms with Gasteiger partial charge in [0, 0.05) is 12.1 Å². The maximum Gasteiger partial charge on any atom is 0.278 e. The van der Waals surface area contributed by atoms with E-state index in [4.69, 9.17) is 10.5 Å². The predicted molar refractivity (Wildman–Crippen MR) is 82.6 cm³/mol. The van der Waals surface area contributed by atoms with E-state index in [0.717, 1.165) is 0 Å². The van der Waals surface area contributed by atoms with E-state index in [2.05, 4.69) is 9.97 Å². The van der Waals surface area contributed by atoms with Crippen LogP contribution in [0, 0.1) is 10.1 Å². The van der Waals surface area contributed by atoms with Gasteiger partial charge >= 0.3 is 0 Å². The molecule has 0 aliphatic carbocycles. The number of rotatable bonds is 3. The van der Waals surface area contributed by atoms with Crippen LogP contribution in [0.5, 0.6) is 5.75 Å². The topological polar surface area (TPSA) is 104 Å². The summed E-state index contributed by atoms with van der Waals surface area (Å²) in [7, 11) is 1.55. The highest BCUT2D eigenvalue weighted by Crippen LogP contribution is 2.32. The third-order valence-corrected chi connectivity index (χ3v) is 3.25. The molecule has 0 amide bonds. The van der Waals surface area contributed by atoms with Crippen molar-refractivity contribution in [3.8, 4) is 17.0 Å². The van der Waals surface area contributed by atoms with Crippen LogP contribution in [-0.4, -0.2) is 22.0 Å². The molecule has 0 fully saturated rings. The molecule has 7 nitrogen and oxygen atoms in total. The largest absolute Gasteiger partial charge is 0.497 e. The summed E-state index contributed by atoms with van der Waals surface area (Å²) in [6.07, 6.45) is 0. The minimum atomic E-state index is -0.466. The van der Waals surface area contributed by atoms with Gasteiger partial charge in [-0.05, 0) is 18.2 Å². The maximum atomic E-state index is 11.2. The Morgan fingerprint density at radius 3 is 2.64 bits per heavy atom. The summed E-state index contributed by atoms with van der Waals surface area (Å²) < 4.78 is 5.15. The SMILES string of the molecule is COc1ccc2nc(N)c(-c3ccccc3[N+](=O)[O-])nc2c1. The van der Waals surface area contributed by atoms with Crippen molar-refractivity contribution in [3.05, 3.63) is 52.6 Å². The van der Waals surface area contributed by atoms with Crippen LogP contribution in [0.4, 0.5) is 11.5 Å². The van der Waals surface area contributed by atoms with E-state index >= 15 is 0 Å². The Bertz CT molecular complexity index is 880. The molecular formula is C15H12N4O3.